The molecule has 0 amide bonds. The van der Waals surface area contributed by atoms with E-state index in [-0.39, 0.29) is 13.5 Å². The van der Waals surface area contributed by atoms with E-state index in [1.807, 2.05) is 0 Å². The van der Waals surface area contributed by atoms with Crippen molar-refractivity contribution < 1.29 is 4.42 Å². The van der Waals surface area contributed by atoms with Crippen molar-refractivity contribution in [3.63, 3.8) is 0 Å². The lowest BCUT2D eigenvalue weighted by Crippen LogP contribution is -1.93. The molecule has 0 N–H and O–H groups in total. The van der Waals surface area contributed by atoms with Crippen molar-refractivity contribution in [2.75, 3.05) is 0 Å². The molecule has 0 radical (unpaired) electrons. The topological polar surface area (TPSA) is 23.0 Å². The Bertz CT molecular complexity index is 2130. The van der Waals surface area contributed by atoms with Gasteiger partial charge in [0.05, 0.1) is 22.1 Å². The third-order valence-corrected chi connectivity index (χ3v) is 8.12. The minimum Gasteiger partial charge on any atom is -0.456 e. The van der Waals surface area contributed by atoms with Gasteiger partial charge < -0.3 is 13.6 Å². The van der Waals surface area contributed by atoms with Crippen molar-refractivity contribution in [2.24, 2.45) is 0 Å². The Balaban J connectivity index is 0.00000245. The van der Waals surface area contributed by atoms with Crippen LogP contribution in [0.4, 0.5) is 0 Å². The molecule has 3 heterocycles. The van der Waals surface area contributed by atoms with Gasteiger partial charge in [0.25, 0.3) is 0 Å². The van der Waals surface area contributed by atoms with Crippen molar-refractivity contribution >= 4 is 79.0 Å². The van der Waals surface area contributed by atoms with E-state index in [2.05, 4.69) is 143 Å². The zero-order valence-corrected chi connectivity index (χ0v) is 22.5. The Kier molecular flexibility index (Phi) is 4.91. The molecule has 0 saturated heterocycles. The molecule has 0 atom stereocenters. The molecule has 0 aliphatic heterocycles. The predicted molar refractivity (Wildman–Crippen MR) is 173 cm³/mol. The first-order valence-electron chi connectivity index (χ1n) is 13.3. The summed E-state index contributed by atoms with van der Waals surface area (Å²) in [5, 5.41) is 7.29. The summed E-state index contributed by atoms with van der Waals surface area (Å²) in [6, 6.07) is 47.6. The molecule has 0 fully saturated rings. The summed E-state index contributed by atoms with van der Waals surface area (Å²) in [7, 11) is 0. The molecular weight excluding hydrogens is 508 g/mol. The van der Waals surface area contributed by atoms with E-state index < -0.39 is 0 Å². The summed E-state index contributed by atoms with van der Waals surface area (Å²) in [5.41, 5.74) is 8.77. The van der Waals surface area contributed by atoms with Crippen LogP contribution < -0.4 is 0 Å². The van der Waals surface area contributed by atoms with Crippen molar-refractivity contribution in [1.29, 1.82) is 0 Å². The van der Waals surface area contributed by atoms with Gasteiger partial charge in [0, 0.05) is 55.8 Å². The van der Waals surface area contributed by atoms with Crippen molar-refractivity contribution in [3.05, 3.63) is 133 Å². The first kappa shape index (κ1) is 23.0. The maximum absolute atomic E-state index is 6.55. The van der Waals surface area contributed by atoms with Gasteiger partial charge in [0.2, 0.25) is 0 Å². The van der Waals surface area contributed by atoms with Crippen LogP contribution in [0.15, 0.2) is 138 Å². The highest BCUT2D eigenvalue weighted by atomic mass is 32.1. The van der Waals surface area contributed by atoms with Gasteiger partial charge in [-0.3, -0.25) is 0 Å². The van der Waals surface area contributed by atoms with Gasteiger partial charge in [-0.25, -0.2) is 0 Å². The first-order valence-corrected chi connectivity index (χ1v) is 13.3. The van der Waals surface area contributed by atoms with Crippen LogP contribution in [0.25, 0.3) is 76.9 Å². The smallest absolute Gasteiger partial charge is 0.137 e. The predicted octanol–water partition coefficient (Wildman–Crippen LogP) is 9.89. The first-order chi connectivity index (χ1) is 19.3. The minimum atomic E-state index is 0. The van der Waals surface area contributed by atoms with E-state index in [1.165, 1.54) is 43.6 Å². The molecule has 0 aliphatic carbocycles. The quantitative estimate of drug-likeness (QED) is 0.217. The summed E-state index contributed by atoms with van der Waals surface area (Å²) < 4.78 is 11.2. The van der Waals surface area contributed by atoms with Gasteiger partial charge in [-0.1, -0.05) is 72.8 Å². The molecule has 0 unspecified atom stereocenters. The van der Waals surface area contributed by atoms with Crippen LogP contribution in [0.3, 0.4) is 0 Å². The van der Waals surface area contributed by atoms with Crippen LogP contribution in [0.1, 0.15) is 0 Å². The summed E-state index contributed by atoms with van der Waals surface area (Å²) in [4.78, 5) is 0. The van der Waals surface area contributed by atoms with Gasteiger partial charge in [-0.2, -0.15) is 13.5 Å². The molecular formula is C36H24N2OS. The second kappa shape index (κ2) is 8.54. The van der Waals surface area contributed by atoms with Gasteiger partial charge in [0.1, 0.15) is 11.2 Å². The molecule has 3 nitrogen and oxygen atoms in total. The maximum atomic E-state index is 6.55. The highest BCUT2D eigenvalue weighted by Crippen LogP contribution is 2.37. The van der Waals surface area contributed by atoms with Crippen LogP contribution in [0.5, 0.6) is 0 Å². The van der Waals surface area contributed by atoms with Gasteiger partial charge in [-0.05, 0) is 48.5 Å². The summed E-state index contributed by atoms with van der Waals surface area (Å²) in [6.45, 7) is 0. The SMILES string of the molecule is S.c1ccc2c(c1)c1ccccc1n2-c1ccc2c(c1)oc1cc(-n3c4ccccc4c4ccccc43)ccc12. The number of hydrogen-bond acceptors (Lipinski definition) is 1. The molecule has 0 aliphatic rings. The second-order valence-corrected chi connectivity index (χ2v) is 10.2. The molecule has 4 heteroatoms. The van der Waals surface area contributed by atoms with E-state index in [9.17, 15) is 0 Å². The Morgan fingerprint density at radius 2 is 0.675 bits per heavy atom. The largest absolute Gasteiger partial charge is 0.456 e. The van der Waals surface area contributed by atoms with E-state index >= 15 is 0 Å². The monoisotopic (exact) mass is 532 g/mol. The summed E-state index contributed by atoms with van der Waals surface area (Å²) in [6.07, 6.45) is 0. The molecule has 0 saturated carbocycles. The summed E-state index contributed by atoms with van der Waals surface area (Å²) in [5.74, 6) is 0. The minimum absolute atomic E-state index is 0. The fraction of sp³-hybridized carbons (Fsp3) is 0. The number of rotatable bonds is 2. The van der Waals surface area contributed by atoms with Crippen molar-refractivity contribution in [1.82, 2.24) is 9.13 Å². The van der Waals surface area contributed by atoms with E-state index in [0.29, 0.717) is 0 Å². The van der Waals surface area contributed by atoms with Crippen LogP contribution >= 0.6 is 13.5 Å². The highest BCUT2D eigenvalue weighted by Gasteiger charge is 2.16. The number of para-hydroxylation sites is 4. The standard InChI is InChI=1S/C36H22N2O.H2S/c1-5-13-31-25(9-1)26-10-2-6-14-32(26)37(31)23-17-19-29-30-20-18-24(22-36(30)39-35(29)21-23)38-33-15-7-3-11-27(33)28-12-4-8-16-34(28)38;/h1-22H;1H2. The number of fused-ring (bicyclic) bond motifs is 9. The van der Waals surface area contributed by atoms with E-state index in [0.717, 1.165) is 33.3 Å². The lowest BCUT2D eigenvalue weighted by molar-refractivity contribution is 0.668. The normalized spacial score (nSPS) is 11.8. The fourth-order valence-electron chi connectivity index (χ4n) is 6.43. The van der Waals surface area contributed by atoms with Gasteiger partial charge in [0.15, 0.2) is 0 Å². The number of benzene rings is 6. The van der Waals surface area contributed by atoms with Gasteiger partial charge >= 0.3 is 0 Å². The van der Waals surface area contributed by atoms with E-state index in [4.69, 9.17) is 4.42 Å². The molecule has 190 valence electrons. The average Bonchev–Trinajstić information content (AvgIpc) is 3.64. The lowest BCUT2D eigenvalue weighted by atomic mass is 10.1. The highest BCUT2D eigenvalue weighted by molar-refractivity contribution is 7.59. The number of aromatic nitrogens is 2. The zero-order chi connectivity index (χ0) is 25.5. The lowest BCUT2D eigenvalue weighted by Gasteiger charge is -2.07. The van der Waals surface area contributed by atoms with Crippen LogP contribution in [0, 0.1) is 0 Å². The number of nitrogens with zero attached hydrogens (tertiary/aromatic N) is 2. The van der Waals surface area contributed by atoms with Crippen LogP contribution in [-0.4, -0.2) is 9.13 Å². The molecule has 9 aromatic rings. The molecule has 9 rings (SSSR count). The molecule has 0 bridgehead atoms. The number of furan rings is 1. The average molecular weight is 533 g/mol. The van der Waals surface area contributed by atoms with Gasteiger partial charge in [-0.15, -0.1) is 0 Å². The Morgan fingerprint density at radius 1 is 0.350 bits per heavy atom. The zero-order valence-electron chi connectivity index (χ0n) is 21.5. The van der Waals surface area contributed by atoms with Crippen LogP contribution in [0.2, 0.25) is 0 Å². The molecule has 3 aromatic heterocycles. The third kappa shape index (κ3) is 3.08. The Labute approximate surface area is 236 Å². The number of hydrogen-bond donors (Lipinski definition) is 0. The molecule has 0 spiro atoms. The van der Waals surface area contributed by atoms with Crippen molar-refractivity contribution in [3.8, 4) is 11.4 Å². The molecule has 40 heavy (non-hydrogen) atoms. The molecule has 6 aromatic carbocycles. The maximum Gasteiger partial charge on any atom is 0.137 e. The van der Waals surface area contributed by atoms with Crippen molar-refractivity contribution in [2.45, 2.75) is 0 Å². The summed E-state index contributed by atoms with van der Waals surface area (Å²) >= 11 is 0. The second-order valence-electron chi connectivity index (χ2n) is 10.2. The van der Waals surface area contributed by atoms with Crippen LogP contribution in [-0.2, 0) is 0 Å². The Hall–Kier alpha value is -4.93. The van der Waals surface area contributed by atoms with E-state index in [1.54, 1.807) is 0 Å². The fourth-order valence-corrected chi connectivity index (χ4v) is 6.43. The third-order valence-electron chi connectivity index (χ3n) is 8.12. The Morgan fingerprint density at radius 3 is 1.02 bits per heavy atom.